The van der Waals surface area contributed by atoms with Crippen molar-refractivity contribution in [1.29, 1.82) is 0 Å². The van der Waals surface area contributed by atoms with Crippen LogP contribution in [-0.2, 0) is 4.79 Å². The van der Waals surface area contributed by atoms with Crippen LogP contribution in [0.5, 0.6) is 11.5 Å². The van der Waals surface area contributed by atoms with E-state index in [1.54, 1.807) is 12.1 Å². The van der Waals surface area contributed by atoms with Gasteiger partial charge in [0.1, 0.15) is 6.04 Å². The van der Waals surface area contributed by atoms with Crippen LogP contribution in [0.25, 0.3) is 0 Å². The van der Waals surface area contributed by atoms with Gasteiger partial charge in [-0.25, -0.2) is 4.79 Å². The molecule has 2 N–H and O–H groups in total. The van der Waals surface area contributed by atoms with E-state index in [1.807, 2.05) is 0 Å². The fourth-order valence-electron chi connectivity index (χ4n) is 2.01. The molecule has 0 spiro atoms. The van der Waals surface area contributed by atoms with Gasteiger partial charge in [-0.2, -0.15) is 0 Å². The van der Waals surface area contributed by atoms with Crippen molar-refractivity contribution in [2.45, 2.75) is 18.9 Å². The molecule has 0 heterocycles. The maximum atomic E-state index is 12.1. The summed E-state index contributed by atoms with van der Waals surface area (Å²) in [4.78, 5) is 23.2. The third-order valence-corrected chi connectivity index (χ3v) is 3.29. The predicted octanol–water partition coefficient (Wildman–Crippen LogP) is 1.30. The van der Waals surface area contributed by atoms with Crippen LogP contribution < -0.4 is 14.8 Å². The molecule has 1 aliphatic carbocycles. The Labute approximate surface area is 116 Å². The lowest BCUT2D eigenvalue weighted by atomic mass is 10.1. The van der Waals surface area contributed by atoms with Gasteiger partial charge in [-0.3, -0.25) is 4.79 Å². The van der Waals surface area contributed by atoms with Crippen molar-refractivity contribution in [2.75, 3.05) is 14.2 Å². The van der Waals surface area contributed by atoms with E-state index in [9.17, 15) is 9.59 Å². The summed E-state index contributed by atoms with van der Waals surface area (Å²) in [7, 11) is 2.98. The maximum absolute atomic E-state index is 12.1. The average Bonchev–Trinajstić information content (AvgIpc) is 3.27. The lowest BCUT2D eigenvalue weighted by Gasteiger charge is -2.14. The van der Waals surface area contributed by atoms with Crippen LogP contribution in [0.3, 0.4) is 0 Å². The van der Waals surface area contributed by atoms with Crippen LogP contribution in [0.2, 0.25) is 0 Å². The molecule has 1 aromatic carbocycles. The smallest absolute Gasteiger partial charge is 0.326 e. The second-order valence-electron chi connectivity index (χ2n) is 4.70. The molecule has 1 fully saturated rings. The van der Waals surface area contributed by atoms with E-state index in [0.29, 0.717) is 17.1 Å². The number of carbonyl (C=O) groups is 2. The van der Waals surface area contributed by atoms with Gasteiger partial charge in [0.05, 0.1) is 14.2 Å². The molecule has 0 aliphatic heterocycles. The molecule has 2 rings (SSSR count). The van der Waals surface area contributed by atoms with Crippen LogP contribution in [0, 0.1) is 5.92 Å². The van der Waals surface area contributed by atoms with Gasteiger partial charge >= 0.3 is 5.97 Å². The molecule has 6 nitrogen and oxygen atoms in total. The summed E-state index contributed by atoms with van der Waals surface area (Å²) in [6.07, 6.45) is 1.67. The minimum absolute atomic E-state index is 0.0385. The number of carboxylic acids is 1. The van der Waals surface area contributed by atoms with Crippen molar-refractivity contribution in [3.05, 3.63) is 23.8 Å². The van der Waals surface area contributed by atoms with E-state index in [2.05, 4.69) is 5.32 Å². The predicted molar refractivity (Wildman–Crippen MR) is 71.2 cm³/mol. The van der Waals surface area contributed by atoms with Gasteiger partial charge in [0.2, 0.25) is 0 Å². The van der Waals surface area contributed by atoms with Crippen LogP contribution in [0.1, 0.15) is 23.2 Å². The fraction of sp³-hybridized carbons (Fsp3) is 0.429. The highest BCUT2D eigenvalue weighted by atomic mass is 16.5. The number of hydrogen-bond acceptors (Lipinski definition) is 4. The number of nitrogens with one attached hydrogen (secondary N) is 1. The van der Waals surface area contributed by atoms with Crippen LogP contribution in [-0.4, -0.2) is 37.2 Å². The molecule has 1 aliphatic rings. The summed E-state index contributed by atoms with van der Waals surface area (Å²) in [5.41, 5.74) is 0.342. The lowest BCUT2D eigenvalue weighted by Crippen LogP contribution is -2.42. The highest BCUT2D eigenvalue weighted by Gasteiger charge is 2.37. The molecule has 1 amide bonds. The summed E-state index contributed by atoms with van der Waals surface area (Å²) in [6, 6.07) is 3.89. The molecule has 1 unspecified atom stereocenters. The molecule has 0 aromatic heterocycles. The van der Waals surface area contributed by atoms with E-state index < -0.39 is 17.9 Å². The monoisotopic (exact) mass is 279 g/mol. The Morgan fingerprint density at radius 1 is 1.25 bits per heavy atom. The van der Waals surface area contributed by atoms with Crippen molar-refractivity contribution in [2.24, 2.45) is 5.92 Å². The van der Waals surface area contributed by atoms with Crippen molar-refractivity contribution in [3.8, 4) is 11.5 Å². The summed E-state index contributed by atoms with van der Waals surface area (Å²) >= 11 is 0. The molecule has 0 bridgehead atoms. The standard InChI is InChI=1S/C14H17NO5/c1-19-10-6-5-9(7-11(10)20-2)13(16)15-12(14(17)18)8-3-4-8/h5-8,12H,3-4H2,1-2H3,(H,15,16)(H,17,18). The van der Waals surface area contributed by atoms with Gasteiger partial charge in [0.25, 0.3) is 5.91 Å². The summed E-state index contributed by atoms with van der Waals surface area (Å²) < 4.78 is 10.2. The van der Waals surface area contributed by atoms with Gasteiger partial charge in [-0.05, 0) is 37.0 Å². The third-order valence-electron chi connectivity index (χ3n) is 3.29. The first-order valence-electron chi connectivity index (χ1n) is 6.32. The quantitative estimate of drug-likeness (QED) is 0.819. The molecule has 1 saturated carbocycles. The molecule has 108 valence electrons. The van der Waals surface area contributed by atoms with Gasteiger partial charge in [-0.15, -0.1) is 0 Å². The van der Waals surface area contributed by atoms with Gasteiger partial charge in [-0.1, -0.05) is 0 Å². The van der Waals surface area contributed by atoms with Crippen LogP contribution in [0.4, 0.5) is 0 Å². The largest absolute Gasteiger partial charge is 0.493 e. The molecule has 1 atom stereocenters. The number of carbonyl (C=O) groups excluding carboxylic acids is 1. The van der Waals surface area contributed by atoms with E-state index in [-0.39, 0.29) is 5.92 Å². The highest BCUT2D eigenvalue weighted by Crippen LogP contribution is 2.33. The SMILES string of the molecule is COc1ccc(C(=O)NC(C(=O)O)C2CC2)cc1OC. The topological polar surface area (TPSA) is 84.9 Å². The lowest BCUT2D eigenvalue weighted by molar-refractivity contribution is -0.139. The molecular formula is C14H17NO5. The van der Waals surface area contributed by atoms with Gasteiger partial charge in [0.15, 0.2) is 11.5 Å². The van der Waals surface area contributed by atoms with Crippen molar-refractivity contribution in [1.82, 2.24) is 5.32 Å². The zero-order chi connectivity index (χ0) is 14.7. The maximum Gasteiger partial charge on any atom is 0.326 e. The van der Waals surface area contributed by atoms with Gasteiger partial charge in [0, 0.05) is 5.56 Å². The Morgan fingerprint density at radius 2 is 1.90 bits per heavy atom. The van der Waals surface area contributed by atoms with Crippen LogP contribution >= 0.6 is 0 Å². The number of rotatable bonds is 6. The molecule has 6 heteroatoms. The van der Waals surface area contributed by atoms with E-state index in [1.165, 1.54) is 20.3 Å². The number of hydrogen-bond donors (Lipinski definition) is 2. The van der Waals surface area contributed by atoms with Crippen molar-refractivity contribution < 1.29 is 24.2 Å². The first-order chi connectivity index (χ1) is 9.56. The molecule has 1 aromatic rings. The third kappa shape index (κ3) is 3.01. The Bertz CT molecular complexity index is 524. The zero-order valence-electron chi connectivity index (χ0n) is 11.4. The molecular weight excluding hydrogens is 262 g/mol. The highest BCUT2D eigenvalue weighted by molar-refractivity contribution is 5.97. The minimum atomic E-state index is -0.999. The fourth-order valence-corrected chi connectivity index (χ4v) is 2.01. The summed E-state index contributed by atoms with van der Waals surface area (Å²) in [5.74, 6) is -0.442. The molecule has 20 heavy (non-hydrogen) atoms. The van der Waals surface area contributed by atoms with Crippen molar-refractivity contribution >= 4 is 11.9 Å². The average molecular weight is 279 g/mol. The Hall–Kier alpha value is -2.24. The number of amides is 1. The molecule has 0 saturated heterocycles. The summed E-state index contributed by atoms with van der Waals surface area (Å²) in [6.45, 7) is 0. The van der Waals surface area contributed by atoms with Gasteiger partial charge < -0.3 is 19.9 Å². The first-order valence-corrected chi connectivity index (χ1v) is 6.32. The Kier molecular flexibility index (Phi) is 4.12. The van der Waals surface area contributed by atoms with E-state index >= 15 is 0 Å². The van der Waals surface area contributed by atoms with Crippen LogP contribution in [0.15, 0.2) is 18.2 Å². The Morgan fingerprint density at radius 3 is 2.40 bits per heavy atom. The number of benzene rings is 1. The first kappa shape index (κ1) is 14.2. The molecule has 0 radical (unpaired) electrons. The van der Waals surface area contributed by atoms with E-state index in [4.69, 9.17) is 14.6 Å². The summed E-state index contributed by atoms with van der Waals surface area (Å²) in [5, 5.41) is 11.7. The number of aliphatic carboxylic acids is 1. The normalized spacial score (nSPS) is 15.3. The minimum Gasteiger partial charge on any atom is -0.493 e. The second kappa shape index (κ2) is 5.81. The number of carboxylic acid groups (broad SMARTS) is 1. The zero-order valence-corrected chi connectivity index (χ0v) is 11.4. The van der Waals surface area contributed by atoms with Crippen molar-refractivity contribution in [3.63, 3.8) is 0 Å². The number of ether oxygens (including phenoxy) is 2. The second-order valence-corrected chi connectivity index (χ2v) is 4.70. The number of methoxy groups -OCH3 is 2. The Balaban J connectivity index is 2.14. The van der Waals surface area contributed by atoms with E-state index in [0.717, 1.165) is 12.8 Å².